The molecule has 0 aliphatic carbocycles. The maximum atomic E-state index is 5.52. The maximum Gasteiger partial charge on any atom is 0.216 e. The number of ether oxygens (including phenoxy) is 1. The van der Waals surface area contributed by atoms with Crippen molar-refractivity contribution in [3.05, 3.63) is 35.4 Å². The third kappa shape index (κ3) is 1.82. The van der Waals surface area contributed by atoms with E-state index >= 15 is 0 Å². The van der Waals surface area contributed by atoms with Crippen LogP contribution in [0.2, 0.25) is 0 Å². The average Bonchev–Trinajstić information content (AvgIpc) is 2.65. The fourth-order valence-electron chi connectivity index (χ4n) is 1.47. The van der Waals surface area contributed by atoms with Crippen molar-refractivity contribution in [1.82, 2.24) is 0 Å². The fraction of sp³-hybridized carbons (Fsp3) is 0.364. The SMILES string of the molecule is C[C@H]1COC(c2ccccc2CBr)=N1. The second kappa shape index (κ2) is 4.13. The zero-order valence-electron chi connectivity index (χ0n) is 8.03. The van der Waals surface area contributed by atoms with Gasteiger partial charge in [0.1, 0.15) is 6.61 Å². The lowest BCUT2D eigenvalue weighted by Crippen LogP contribution is -2.04. The minimum Gasteiger partial charge on any atom is -0.475 e. The molecule has 0 radical (unpaired) electrons. The van der Waals surface area contributed by atoms with E-state index in [0.717, 1.165) is 16.8 Å². The van der Waals surface area contributed by atoms with Gasteiger partial charge < -0.3 is 4.74 Å². The van der Waals surface area contributed by atoms with Gasteiger partial charge in [-0.15, -0.1) is 0 Å². The predicted octanol–water partition coefficient (Wildman–Crippen LogP) is 2.75. The average molecular weight is 254 g/mol. The molecule has 1 heterocycles. The van der Waals surface area contributed by atoms with Crippen LogP contribution in [0, 0.1) is 0 Å². The molecule has 0 N–H and O–H groups in total. The molecule has 0 bridgehead atoms. The van der Waals surface area contributed by atoms with E-state index in [9.17, 15) is 0 Å². The molecule has 1 aliphatic rings. The van der Waals surface area contributed by atoms with Gasteiger partial charge in [-0.3, -0.25) is 0 Å². The summed E-state index contributed by atoms with van der Waals surface area (Å²) in [6, 6.07) is 8.45. The highest BCUT2D eigenvalue weighted by molar-refractivity contribution is 9.08. The van der Waals surface area contributed by atoms with Crippen molar-refractivity contribution < 1.29 is 4.74 Å². The molecule has 0 aromatic heterocycles. The zero-order chi connectivity index (χ0) is 9.97. The molecule has 1 aromatic carbocycles. The van der Waals surface area contributed by atoms with Crippen molar-refractivity contribution in [2.24, 2.45) is 4.99 Å². The standard InChI is InChI=1S/C11H12BrNO/c1-8-7-14-11(13-8)10-5-3-2-4-9(10)6-12/h2-5,8H,6-7H2,1H3/t8-/m0/s1. The summed E-state index contributed by atoms with van der Waals surface area (Å²) in [5, 5.41) is 0.833. The second-order valence-corrected chi connectivity index (χ2v) is 3.95. The Hall–Kier alpha value is -0.830. The summed E-state index contributed by atoms with van der Waals surface area (Å²) in [7, 11) is 0. The lowest BCUT2D eigenvalue weighted by atomic mass is 10.1. The normalized spacial score (nSPS) is 20.4. The third-order valence-corrected chi connectivity index (χ3v) is 2.79. The van der Waals surface area contributed by atoms with E-state index in [1.165, 1.54) is 5.56 Å². The summed E-state index contributed by atoms with van der Waals surface area (Å²) in [5.74, 6) is 0.785. The van der Waals surface area contributed by atoms with Gasteiger partial charge in [-0.05, 0) is 18.6 Å². The van der Waals surface area contributed by atoms with Crippen molar-refractivity contribution in [1.29, 1.82) is 0 Å². The van der Waals surface area contributed by atoms with Crippen LogP contribution in [0.25, 0.3) is 0 Å². The lowest BCUT2D eigenvalue weighted by molar-refractivity contribution is 0.324. The Morgan fingerprint density at radius 2 is 2.29 bits per heavy atom. The van der Waals surface area contributed by atoms with E-state index in [4.69, 9.17) is 4.74 Å². The molecule has 74 valence electrons. The third-order valence-electron chi connectivity index (χ3n) is 2.19. The van der Waals surface area contributed by atoms with E-state index < -0.39 is 0 Å². The Kier molecular flexibility index (Phi) is 2.87. The van der Waals surface area contributed by atoms with Crippen LogP contribution in [-0.2, 0) is 10.1 Å². The maximum absolute atomic E-state index is 5.52. The number of alkyl halides is 1. The molecular weight excluding hydrogens is 242 g/mol. The number of halogens is 1. The zero-order valence-corrected chi connectivity index (χ0v) is 9.62. The van der Waals surface area contributed by atoms with E-state index in [-0.39, 0.29) is 6.04 Å². The minimum absolute atomic E-state index is 0.286. The highest BCUT2D eigenvalue weighted by atomic mass is 79.9. The monoisotopic (exact) mass is 253 g/mol. The Bertz CT molecular complexity index is 362. The minimum atomic E-state index is 0.286. The topological polar surface area (TPSA) is 21.6 Å². The van der Waals surface area contributed by atoms with Gasteiger partial charge >= 0.3 is 0 Å². The number of aliphatic imine (C=N–C) groups is 1. The quantitative estimate of drug-likeness (QED) is 0.743. The van der Waals surface area contributed by atoms with Gasteiger partial charge in [0.05, 0.1) is 6.04 Å². The Morgan fingerprint density at radius 1 is 1.50 bits per heavy atom. The van der Waals surface area contributed by atoms with Crippen molar-refractivity contribution in [3.63, 3.8) is 0 Å². The molecule has 3 heteroatoms. The largest absolute Gasteiger partial charge is 0.475 e. The molecule has 0 saturated carbocycles. The molecule has 2 nitrogen and oxygen atoms in total. The molecule has 0 spiro atoms. The van der Waals surface area contributed by atoms with Crippen molar-refractivity contribution >= 4 is 21.8 Å². The Morgan fingerprint density at radius 3 is 2.93 bits per heavy atom. The lowest BCUT2D eigenvalue weighted by Gasteiger charge is -2.05. The number of benzene rings is 1. The van der Waals surface area contributed by atoms with Crippen LogP contribution in [0.3, 0.4) is 0 Å². The number of hydrogen-bond acceptors (Lipinski definition) is 2. The van der Waals surface area contributed by atoms with Crippen LogP contribution in [0.5, 0.6) is 0 Å². The Labute approximate surface area is 92.1 Å². The summed E-state index contributed by atoms with van der Waals surface area (Å²) >= 11 is 3.46. The van der Waals surface area contributed by atoms with Crippen molar-refractivity contribution in [2.45, 2.75) is 18.3 Å². The molecule has 1 aliphatic heterocycles. The van der Waals surface area contributed by atoms with Gasteiger partial charge in [-0.2, -0.15) is 0 Å². The van der Waals surface area contributed by atoms with Crippen LogP contribution in [0.1, 0.15) is 18.1 Å². The summed E-state index contributed by atoms with van der Waals surface area (Å²) in [6.45, 7) is 2.76. The highest BCUT2D eigenvalue weighted by Gasteiger charge is 2.17. The van der Waals surface area contributed by atoms with Gasteiger partial charge in [0.25, 0.3) is 0 Å². The number of hydrogen-bond donors (Lipinski definition) is 0. The van der Waals surface area contributed by atoms with Gasteiger partial charge in [0, 0.05) is 10.9 Å². The predicted molar refractivity (Wildman–Crippen MR) is 61.0 cm³/mol. The number of nitrogens with zero attached hydrogens (tertiary/aromatic N) is 1. The molecule has 2 rings (SSSR count). The first-order chi connectivity index (χ1) is 6.81. The molecule has 0 unspecified atom stereocenters. The number of rotatable bonds is 2. The van der Waals surface area contributed by atoms with Crippen LogP contribution in [0.15, 0.2) is 29.3 Å². The van der Waals surface area contributed by atoms with Gasteiger partial charge in [-0.1, -0.05) is 34.1 Å². The molecule has 14 heavy (non-hydrogen) atoms. The molecule has 1 aromatic rings. The molecule has 0 fully saturated rings. The molecule has 0 amide bonds. The summed E-state index contributed by atoms with van der Waals surface area (Å²) in [6.07, 6.45) is 0. The van der Waals surface area contributed by atoms with Crippen LogP contribution in [-0.4, -0.2) is 18.5 Å². The van der Waals surface area contributed by atoms with E-state index in [0.29, 0.717) is 6.61 Å². The van der Waals surface area contributed by atoms with Crippen LogP contribution < -0.4 is 0 Å². The fourth-order valence-corrected chi connectivity index (χ4v) is 1.96. The molecule has 0 saturated heterocycles. The Balaban J connectivity index is 2.36. The molecular formula is C11H12BrNO. The van der Waals surface area contributed by atoms with Crippen LogP contribution >= 0.6 is 15.9 Å². The van der Waals surface area contributed by atoms with Gasteiger partial charge in [-0.25, -0.2) is 4.99 Å². The first-order valence-corrected chi connectivity index (χ1v) is 5.78. The van der Waals surface area contributed by atoms with Crippen molar-refractivity contribution in [2.75, 3.05) is 6.61 Å². The van der Waals surface area contributed by atoms with E-state index in [1.54, 1.807) is 0 Å². The van der Waals surface area contributed by atoms with E-state index in [1.807, 2.05) is 18.2 Å². The summed E-state index contributed by atoms with van der Waals surface area (Å²) < 4.78 is 5.52. The molecule has 1 atom stereocenters. The summed E-state index contributed by atoms with van der Waals surface area (Å²) in [5.41, 5.74) is 2.33. The van der Waals surface area contributed by atoms with Crippen molar-refractivity contribution in [3.8, 4) is 0 Å². The first-order valence-electron chi connectivity index (χ1n) is 4.66. The van der Waals surface area contributed by atoms with Gasteiger partial charge in [0.15, 0.2) is 0 Å². The summed E-state index contributed by atoms with van der Waals surface area (Å²) in [4.78, 5) is 4.44. The smallest absolute Gasteiger partial charge is 0.216 e. The van der Waals surface area contributed by atoms with E-state index in [2.05, 4.69) is 33.9 Å². The second-order valence-electron chi connectivity index (χ2n) is 3.39. The highest BCUT2D eigenvalue weighted by Crippen LogP contribution is 2.17. The van der Waals surface area contributed by atoms with Crippen LogP contribution in [0.4, 0.5) is 0 Å². The first kappa shape index (κ1) is 9.71. The van der Waals surface area contributed by atoms with Gasteiger partial charge in [0.2, 0.25) is 5.90 Å².